The highest BCUT2D eigenvalue weighted by Crippen LogP contribution is 2.23. The van der Waals surface area contributed by atoms with Crippen LogP contribution in [-0.2, 0) is 30.8 Å². The number of hydrogen-bond acceptors (Lipinski definition) is 8. The first kappa shape index (κ1) is 29.1. The minimum atomic E-state index is -4.84. The van der Waals surface area contributed by atoms with E-state index in [4.69, 9.17) is 0 Å². The Labute approximate surface area is 230 Å². The predicted octanol–water partition coefficient (Wildman–Crippen LogP) is 3.01. The van der Waals surface area contributed by atoms with Gasteiger partial charge in [0.25, 0.3) is 5.91 Å². The van der Waals surface area contributed by atoms with Crippen molar-refractivity contribution < 1.29 is 31.9 Å². The number of amides is 2. The number of nitrogens with zero attached hydrogens (tertiary/aromatic N) is 7. The smallest absolute Gasteiger partial charge is 0.406 e. The SMILES string of the molecule is Cc1ccnc(CNC(=O)c2cn(CC(F)CCn3cc(NC(=O)Cc4cccc(OC(F)(F)F)c4)nn3)nn2)c1. The van der Waals surface area contributed by atoms with Gasteiger partial charge in [-0.05, 0) is 42.3 Å². The Hall–Kier alpha value is -4.89. The van der Waals surface area contributed by atoms with Crippen molar-refractivity contribution in [3.8, 4) is 5.75 Å². The van der Waals surface area contributed by atoms with Gasteiger partial charge < -0.3 is 15.4 Å². The average Bonchev–Trinajstić information content (AvgIpc) is 3.55. The van der Waals surface area contributed by atoms with Gasteiger partial charge >= 0.3 is 6.36 Å². The maximum Gasteiger partial charge on any atom is 0.573 e. The molecule has 41 heavy (non-hydrogen) atoms. The monoisotopic (exact) mass is 575 g/mol. The molecule has 0 spiro atoms. The van der Waals surface area contributed by atoms with Gasteiger partial charge in [-0.3, -0.25) is 19.3 Å². The van der Waals surface area contributed by atoms with Crippen molar-refractivity contribution in [2.24, 2.45) is 0 Å². The molecule has 1 atom stereocenters. The molecule has 2 N–H and O–H groups in total. The highest BCUT2D eigenvalue weighted by atomic mass is 19.4. The lowest BCUT2D eigenvalue weighted by molar-refractivity contribution is -0.274. The highest BCUT2D eigenvalue weighted by Gasteiger charge is 2.31. The van der Waals surface area contributed by atoms with Gasteiger partial charge in [-0.1, -0.05) is 22.6 Å². The summed E-state index contributed by atoms with van der Waals surface area (Å²) < 4.78 is 58.2. The van der Waals surface area contributed by atoms with Crippen LogP contribution >= 0.6 is 0 Å². The van der Waals surface area contributed by atoms with Crippen LogP contribution in [0.5, 0.6) is 5.75 Å². The van der Waals surface area contributed by atoms with Crippen LogP contribution in [0.3, 0.4) is 0 Å². The number of halogens is 4. The summed E-state index contributed by atoms with van der Waals surface area (Å²) in [6, 6.07) is 8.75. The van der Waals surface area contributed by atoms with E-state index < -0.39 is 30.1 Å². The third kappa shape index (κ3) is 9.36. The second-order valence-electron chi connectivity index (χ2n) is 9.01. The summed E-state index contributed by atoms with van der Waals surface area (Å²) in [6.45, 7) is 2.12. The fourth-order valence-electron chi connectivity index (χ4n) is 3.71. The Morgan fingerprint density at radius 2 is 1.88 bits per heavy atom. The van der Waals surface area contributed by atoms with Crippen LogP contribution in [0.4, 0.5) is 23.4 Å². The molecule has 1 aromatic carbocycles. The van der Waals surface area contributed by atoms with E-state index in [0.29, 0.717) is 11.3 Å². The van der Waals surface area contributed by atoms with Gasteiger partial charge in [0.2, 0.25) is 5.91 Å². The van der Waals surface area contributed by atoms with Gasteiger partial charge in [-0.15, -0.1) is 23.4 Å². The molecule has 3 heterocycles. The van der Waals surface area contributed by atoms with E-state index in [0.717, 1.165) is 17.7 Å². The normalized spacial score (nSPS) is 12.1. The molecule has 216 valence electrons. The molecule has 1 unspecified atom stereocenters. The zero-order chi connectivity index (χ0) is 29.4. The summed E-state index contributed by atoms with van der Waals surface area (Å²) in [6.07, 6.45) is -1.99. The second-order valence-corrected chi connectivity index (χ2v) is 9.01. The standard InChI is InChI=1S/C25H25F4N9O3/c1-16-5-7-30-19(9-16)12-31-24(40)21-14-38(35-33-21)13-18(26)6-8-37-15-22(34-36-37)32-23(39)11-17-3-2-4-20(10-17)41-25(27,28)29/h2-5,7,9-10,14-15,18H,6,8,11-13H2,1H3,(H,31,40)(H,32,39). The first-order chi connectivity index (χ1) is 19.5. The van der Waals surface area contributed by atoms with E-state index in [-0.39, 0.29) is 44.0 Å². The van der Waals surface area contributed by atoms with Gasteiger partial charge in [-0.2, -0.15) is 0 Å². The maximum atomic E-state index is 14.6. The number of hydrogen-bond donors (Lipinski definition) is 2. The van der Waals surface area contributed by atoms with Crippen molar-refractivity contribution in [1.29, 1.82) is 0 Å². The van der Waals surface area contributed by atoms with Gasteiger partial charge in [0.05, 0.1) is 37.6 Å². The topological polar surface area (TPSA) is 142 Å². The molecule has 12 nitrogen and oxygen atoms in total. The molecular formula is C25H25F4N9O3. The molecule has 0 saturated carbocycles. The minimum Gasteiger partial charge on any atom is -0.406 e. The minimum absolute atomic E-state index is 0.0309. The lowest BCUT2D eigenvalue weighted by Gasteiger charge is -2.09. The summed E-state index contributed by atoms with van der Waals surface area (Å²) in [5.41, 5.74) is 2.05. The summed E-state index contributed by atoms with van der Waals surface area (Å²) in [7, 11) is 0. The molecule has 0 fully saturated rings. The fraction of sp³-hybridized carbons (Fsp3) is 0.320. The summed E-state index contributed by atoms with van der Waals surface area (Å²) in [4.78, 5) is 28.8. The number of alkyl halides is 4. The molecule has 16 heteroatoms. The highest BCUT2D eigenvalue weighted by molar-refractivity contribution is 5.92. The molecular weight excluding hydrogens is 550 g/mol. The molecule has 0 aliphatic heterocycles. The van der Waals surface area contributed by atoms with E-state index in [1.165, 1.54) is 33.9 Å². The number of pyridine rings is 1. The maximum absolute atomic E-state index is 14.6. The van der Waals surface area contributed by atoms with Crippen molar-refractivity contribution in [3.63, 3.8) is 0 Å². The van der Waals surface area contributed by atoms with E-state index in [2.05, 4.69) is 41.0 Å². The van der Waals surface area contributed by atoms with Crippen LogP contribution < -0.4 is 15.4 Å². The molecule has 0 aliphatic rings. The average molecular weight is 576 g/mol. The van der Waals surface area contributed by atoms with Crippen LogP contribution in [0.15, 0.2) is 55.0 Å². The number of rotatable bonds is 12. The second kappa shape index (κ2) is 13.0. The van der Waals surface area contributed by atoms with Gasteiger partial charge in [0.1, 0.15) is 11.9 Å². The molecule has 4 aromatic rings. The van der Waals surface area contributed by atoms with Crippen molar-refractivity contribution in [2.45, 2.75) is 51.9 Å². The van der Waals surface area contributed by atoms with Crippen molar-refractivity contribution in [1.82, 2.24) is 40.3 Å². The Balaban J connectivity index is 1.20. The van der Waals surface area contributed by atoms with E-state index in [1.807, 2.05) is 19.1 Å². The largest absolute Gasteiger partial charge is 0.573 e. The molecule has 2 amide bonds. The van der Waals surface area contributed by atoms with Crippen molar-refractivity contribution in [2.75, 3.05) is 5.32 Å². The van der Waals surface area contributed by atoms with Crippen LogP contribution in [0.2, 0.25) is 0 Å². The van der Waals surface area contributed by atoms with Crippen molar-refractivity contribution in [3.05, 3.63) is 77.5 Å². The number of carbonyl (C=O) groups is 2. The predicted molar refractivity (Wildman–Crippen MR) is 135 cm³/mol. The Bertz CT molecular complexity index is 1490. The van der Waals surface area contributed by atoms with E-state index in [1.54, 1.807) is 6.20 Å². The molecule has 0 bridgehead atoms. The number of aromatic nitrogens is 7. The third-order valence-corrected chi connectivity index (χ3v) is 5.53. The summed E-state index contributed by atoms with van der Waals surface area (Å²) in [5.74, 6) is -1.34. The van der Waals surface area contributed by atoms with Crippen LogP contribution in [0.1, 0.15) is 33.7 Å². The van der Waals surface area contributed by atoms with E-state index in [9.17, 15) is 27.2 Å². The Kier molecular flexibility index (Phi) is 9.21. The number of carbonyl (C=O) groups excluding carboxylic acids is 2. The quantitative estimate of drug-likeness (QED) is 0.246. The number of aryl methyl sites for hydroxylation is 2. The zero-order valence-electron chi connectivity index (χ0n) is 21.7. The summed E-state index contributed by atoms with van der Waals surface area (Å²) >= 11 is 0. The number of nitrogens with one attached hydrogen (secondary N) is 2. The van der Waals surface area contributed by atoms with Crippen molar-refractivity contribution >= 4 is 17.6 Å². The summed E-state index contributed by atoms with van der Waals surface area (Å²) in [5, 5.41) is 20.4. The van der Waals surface area contributed by atoms with Crippen LogP contribution in [0.25, 0.3) is 0 Å². The molecule has 0 aliphatic carbocycles. The lowest BCUT2D eigenvalue weighted by atomic mass is 10.1. The molecule has 0 radical (unpaired) electrons. The molecule has 0 saturated heterocycles. The first-order valence-electron chi connectivity index (χ1n) is 12.3. The first-order valence-corrected chi connectivity index (χ1v) is 12.3. The van der Waals surface area contributed by atoms with Crippen LogP contribution in [0, 0.1) is 6.92 Å². The van der Waals surface area contributed by atoms with Gasteiger partial charge in [-0.25, -0.2) is 9.07 Å². The lowest BCUT2D eigenvalue weighted by Crippen LogP contribution is -2.23. The van der Waals surface area contributed by atoms with Crippen LogP contribution in [-0.4, -0.2) is 59.3 Å². The molecule has 3 aromatic heterocycles. The number of anilines is 1. The van der Waals surface area contributed by atoms with Gasteiger partial charge in [0, 0.05) is 19.2 Å². The fourth-order valence-corrected chi connectivity index (χ4v) is 3.71. The Morgan fingerprint density at radius 1 is 1.07 bits per heavy atom. The Morgan fingerprint density at radius 3 is 2.66 bits per heavy atom. The van der Waals surface area contributed by atoms with E-state index >= 15 is 0 Å². The number of ether oxygens (including phenoxy) is 1. The number of benzene rings is 1. The molecule has 4 rings (SSSR count). The third-order valence-electron chi connectivity index (χ3n) is 5.53. The zero-order valence-corrected chi connectivity index (χ0v) is 21.7. The van der Waals surface area contributed by atoms with Gasteiger partial charge in [0.15, 0.2) is 11.5 Å².